The summed E-state index contributed by atoms with van der Waals surface area (Å²) in [7, 11) is 0. The van der Waals surface area contributed by atoms with Crippen LogP contribution in [0.25, 0.3) is 0 Å². The molecule has 0 saturated carbocycles. The molecule has 0 atom stereocenters. The monoisotopic (exact) mass is 290 g/mol. The molecule has 0 fully saturated rings. The summed E-state index contributed by atoms with van der Waals surface area (Å²) in [5, 5.41) is 3.81. The van der Waals surface area contributed by atoms with Crippen molar-refractivity contribution in [2.24, 2.45) is 0 Å². The van der Waals surface area contributed by atoms with E-state index in [0.717, 1.165) is 39.3 Å². The van der Waals surface area contributed by atoms with E-state index in [1.165, 1.54) is 24.1 Å². The minimum atomic E-state index is 0.227. The average molecular weight is 290 g/mol. The standard InChI is InChI=1S/C18H30N2O/c1-4-18(5-2)15-20(12-9-13-21-6-3)17-11-8-7-10-16(17)14-19-18/h7-8,10-11,19H,4-6,9,12-15H2,1-3H3. The molecule has 1 aliphatic rings. The topological polar surface area (TPSA) is 24.5 Å². The Morgan fingerprint density at radius 1 is 1.19 bits per heavy atom. The summed E-state index contributed by atoms with van der Waals surface area (Å²) in [6, 6.07) is 8.81. The Balaban J connectivity index is 2.15. The lowest BCUT2D eigenvalue weighted by atomic mass is 9.92. The van der Waals surface area contributed by atoms with Crippen LogP contribution in [0.15, 0.2) is 24.3 Å². The predicted molar refractivity (Wildman–Crippen MR) is 89.9 cm³/mol. The molecule has 1 aromatic carbocycles. The fourth-order valence-electron chi connectivity index (χ4n) is 3.18. The van der Waals surface area contributed by atoms with E-state index < -0.39 is 0 Å². The van der Waals surface area contributed by atoms with Gasteiger partial charge in [-0.2, -0.15) is 0 Å². The van der Waals surface area contributed by atoms with Gasteiger partial charge in [0.15, 0.2) is 0 Å². The zero-order valence-electron chi connectivity index (χ0n) is 13.8. The lowest BCUT2D eigenvalue weighted by molar-refractivity contribution is 0.145. The van der Waals surface area contributed by atoms with Gasteiger partial charge in [-0.05, 0) is 37.8 Å². The number of rotatable bonds is 7. The van der Waals surface area contributed by atoms with E-state index in [1.807, 2.05) is 0 Å². The molecule has 0 bridgehead atoms. The molecule has 0 radical (unpaired) electrons. The molecule has 1 aliphatic heterocycles. The van der Waals surface area contributed by atoms with Crippen LogP contribution in [0.1, 0.15) is 45.6 Å². The highest BCUT2D eigenvalue weighted by Crippen LogP contribution is 2.29. The first-order valence-electron chi connectivity index (χ1n) is 8.40. The molecule has 3 nitrogen and oxygen atoms in total. The van der Waals surface area contributed by atoms with Crippen molar-refractivity contribution in [1.82, 2.24) is 5.32 Å². The van der Waals surface area contributed by atoms with Crippen LogP contribution in [0.5, 0.6) is 0 Å². The second-order valence-corrected chi connectivity index (χ2v) is 5.94. The highest BCUT2D eigenvalue weighted by Gasteiger charge is 2.31. The molecule has 2 rings (SSSR count). The first-order chi connectivity index (χ1) is 10.2. The molecule has 3 heteroatoms. The number of anilines is 1. The van der Waals surface area contributed by atoms with Crippen LogP contribution in [0.2, 0.25) is 0 Å². The number of ether oxygens (including phenoxy) is 1. The van der Waals surface area contributed by atoms with Gasteiger partial charge in [0.1, 0.15) is 0 Å². The third kappa shape index (κ3) is 3.98. The van der Waals surface area contributed by atoms with Crippen LogP contribution in [0, 0.1) is 0 Å². The maximum Gasteiger partial charge on any atom is 0.0482 e. The van der Waals surface area contributed by atoms with Crippen LogP contribution in [-0.4, -0.2) is 31.8 Å². The maximum absolute atomic E-state index is 5.51. The molecule has 1 aromatic rings. The minimum absolute atomic E-state index is 0.227. The quantitative estimate of drug-likeness (QED) is 0.777. The number of hydrogen-bond donors (Lipinski definition) is 1. The van der Waals surface area contributed by atoms with Crippen molar-refractivity contribution in [3.05, 3.63) is 29.8 Å². The van der Waals surface area contributed by atoms with Crippen LogP contribution in [0.3, 0.4) is 0 Å². The first-order valence-corrected chi connectivity index (χ1v) is 8.40. The molecule has 0 spiro atoms. The highest BCUT2D eigenvalue weighted by molar-refractivity contribution is 5.55. The molecule has 0 amide bonds. The van der Waals surface area contributed by atoms with Crippen molar-refractivity contribution in [3.8, 4) is 0 Å². The Bertz CT molecular complexity index is 429. The van der Waals surface area contributed by atoms with Crippen LogP contribution >= 0.6 is 0 Å². The van der Waals surface area contributed by atoms with Gasteiger partial charge in [0.25, 0.3) is 0 Å². The van der Waals surface area contributed by atoms with Crippen molar-refractivity contribution in [2.45, 2.75) is 52.1 Å². The van der Waals surface area contributed by atoms with Gasteiger partial charge in [0.2, 0.25) is 0 Å². The van der Waals surface area contributed by atoms with Crippen molar-refractivity contribution in [3.63, 3.8) is 0 Å². The Kier molecular flexibility index (Phi) is 6.07. The summed E-state index contributed by atoms with van der Waals surface area (Å²) >= 11 is 0. The fraction of sp³-hybridized carbons (Fsp3) is 0.667. The molecule has 1 N–H and O–H groups in total. The van der Waals surface area contributed by atoms with E-state index in [2.05, 4.69) is 55.3 Å². The summed E-state index contributed by atoms with van der Waals surface area (Å²) in [6.07, 6.45) is 3.42. The van der Waals surface area contributed by atoms with E-state index in [4.69, 9.17) is 4.74 Å². The number of para-hydroxylation sites is 1. The molecule has 0 unspecified atom stereocenters. The van der Waals surface area contributed by atoms with Crippen LogP contribution < -0.4 is 10.2 Å². The third-order valence-electron chi connectivity index (χ3n) is 4.75. The van der Waals surface area contributed by atoms with Crippen LogP contribution in [0.4, 0.5) is 5.69 Å². The van der Waals surface area contributed by atoms with Crippen molar-refractivity contribution >= 4 is 5.69 Å². The zero-order chi connectivity index (χ0) is 15.1. The Morgan fingerprint density at radius 3 is 2.67 bits per heavy atom. The van der Waals surface area contributed by atoms with Crippen molar-refractivity contribution < 1.29 is 4.74 Å². The number of nitrogens with zero attached hydrogens (tertiary/aromatic N) is 1. The Labute approximate surface area is 129 Å². The molecular formula is C18H30N2O. The molecule has 118 valence electrons. The normalized spacial score (nSPS) is 17.4. The maximum atomic E-state index is 5.51. The summed E-state index contributed by atoms with van der Waals surface area (Å²) < 4.78 is 5.51. The number of hydrogen-bond acceptors (Lipinski definition) is 3. The highest BCUT2D eigenvalue weighted by atomic mass is 16.5. The number of nitrogens with one attached hydrogen (secondary N) is 1. The second-order valence-electron chi connectivity index (χ2n) is 5.94. The molecule has 0 aromatic heterocycles. The fourth-order valence-corrected chi connectivity index (χ4v) is 3.18. The Morgan fingerprint density at radius 2 is 1.95 bits per heavy atom. The largest absolute Gasteiger partial charge is 0.382 e. The van der Waals surface area contributed by atoms with Gasteiger partial charge in [0, 0.05) is 44.1 Å². The van der Waals surface area contributed by atoms with E-state index in [1.54, 1.807) is 0 Å². The van der Waals surface area contributed by atoms with E-state index in [9.17, 15) is 0 Å². The lowest BCUT2D eigenvalue weighted by Gasteiger charge is -2.36. The predicted octanol–water partition coefficient (Wildman–Crippen LogP) is 3.58. The number of benzene rings is 1. The van der Waals surface area contributed by atoms with Gasteiger partial charge < -0.3 is 15.0 Å². The molecule has 21 heavy (non-hydrogen) atoms. The van der Waals surface area contributed by atoms with E-state index in [-0.39, 0.29) is 5.54 Å². The summed E-state index contributed by atoms with van der Waals surface area (Å²) in [6.45, 7) is 11.4. The Hall–Kier alpha value is -1.06. The van der Waals surface area contributed by atoms with Gasteiger partial charge in [-0.3, -0.25) is 0 Å². The first kappa shape index (κ1) is 16.3. The average Bonchev–Trinajstić information content (AvgIpc) is 2.70. The summed E-state index contributed by atoms with van der Waals surface area (Å²) in [4.78, 5) is 2.56. The second kappa shape index (κ2) is 7.81. The SMILES string of the molecule is CCOCCCN1CC(CC)(CC)NCc2ccccc21. The molecule has 0 saturated heterocycles. The summed E-state index contributed by atoms with van der Waals surface area (Å²) in [5.74, 6) is 0. The van der Waals surface area contributed by atoms with Crippen molar-refractivity contribution in [1.29, 1.82) is 0 Å². The molecular weight excluding hydrogens is 260 g/mol. The van der Waals surface area contributed by atoms with Gasteiger partial charge in [-0.25, -0.2) is 0 Å². The van der Waals surface area contributed by atoms with Gasteiger partial charge in [-0.15, -0.1) is 0 Å². The van der Waals surface area contributed by atoms with Gasteiger partial charge in [0.05, 0.1) is 0 Å². The minimum Gasteiger partial charge on any atom is -0.382 e. The van der Waals surface area contributed by atoms with Crippen LogP contribution in [-0.2, 0) is 11.3 Å². The molecule has 1 heterocycles. The third-order valence-corrected chi connectivity index (χ3v) is 4.75. The molecule has 0 aliphatic carbocycles. The smallest absolute Gasteiger partial charge is 0.0482 e. The van der Waals surface area contributed by atoms with Crippen molar-refractivity contribution in [2.75, 3.05) is 31.2 Å². The van der Waals surface area contributed by atoms with Gasteiger partial charge >= 0.3 is 0 Å². The van der Waals surface area contributed by atoms with Gasteiger partial charge in [-0.1, -0.05) is 32.0 Å². The van der Waals surface area contributed by atoms with E-state index in [0.29, 0.717) is 0 Å². The summed E-state index contributed by atoms with van der Waals surface area (Å²) in [5.41, 5.74) is 3.04. The zero-order valence-corrected chi connectivity index (χ0v) is 13.8. The van der Waals surface area contributed by atoms with E-state index >= 15 is 0 Å². The lowest BCUT2D eigenvalue weighted by Crippen LogP contribution is -2.51. The number of fused-ring (bicyclic) bond motifs is 1.